The molecule has 1 saturated carbocycles. The van der Waals surface area contributed by atoms with Crippen molar-refractivity contribution in [3.63, 3.8) is 0 Å². The van der Waals surface area contributed by atoms with E-state index in [0.29, 0.717) is 22.5 Å². The molecule has 0 unspecified atom stereocenters. The number of carbonyl (C=O) groups excluding carboxylic acids is 2. The van der Waals surface area contributed by atoms with Gasteiger partial charge in [0.05, 0.1) is 16.0 Å². The van der Waals surface area contributed by atoms with E-state index in [-0.39, 0.29) is 5.91 Å². The Morgan fingerprint density at radius 2 is 2.00 bits per heavy atom. The second kappa shape index (κ2) is 9.25. The van der Waals surface area contributed by atoms with Gasteiger partial charge in [0, 0.05) is 13.6 Å². The summed E-state index contributed by atoms with van der Waals surface area (Å²) in [6.07, 6.45) is 6.93. The lowest BCUT2D eigenvalue weighted by molar-refractivity contribution is -0.129. The molecule has 0 aromatic heterocycles. The first-order chi connectivity index (χ1) is 11.9. The van der Waals surface area contributed by atoms with Crippen molar-refractivity contribution in [1.29, 1.82) is 0 Å². The van der Waals surface area contributed by atoms with Gasteiger partial charge in [-0.3, -0.25) is 9.69 Å². The lowest BCUT2D eigenvalue weighted by Crippen LogP contribution is -2.43. The number of nitrogens with one attached hydrogen (secondary N) is 1. The van der Waals surface area contributed by atoms with Crippen LogP contribution in [0.5, 0.6) is 0 Å². The molecule has 6 heteroatoms. The number of imide groups is 1. The Bertz CT molecular complexity index is 642. The quantitative estimate of drug-likeness (QED) is 0.702. The predicted molar refractivity (Wildman–Crippen MR) is 102 cm³/mol. The molecule has 0 saturated heterocycles. The number of nitrogens with zero attached hydrogens (tertiary/aromatic N) is 1. The van der Waals surface area contributed by atoms with Gasteiger partial charge in [0.2, 0.25) is 5.91 Å². The van der Waals surface area contributed by atoms with Gasteiger partial charge in [0.15, 0.2) is 0 Å². The van der Waals surface area contributed by atoms with Crippen molar-refractivity contribution in [3.05, 3.63) is 46.5 Å². The summed E-state index contributed by atoms with van der Waals surface area (Å²) in [6.45, 7) is 3.88. The van der Waals surface area contributed by atoms with Crippen LogP contribution in [0.2, 0.25) is 10.0 Å². The van der Waals surface area contributed by atoms with Crippen molar-refractivity contribution in [2.24, 2.45) is 5.92 Å². The molecule has 2 rings (SSSR count). The van der Waals surface area contributed by atoms with Crippen LogP contribution in [0.15, 0.2) is 30.9 Å². The first-order valence-electron chi connectivity index (χ1n) is 8.55. The van der Waals surface area contributed by atoms with Gasteiger partial charge in [-0.15, -0.1) is 6.58 Å². The van der Waals surface area contributed by atoms with Crippen LogP contribution in [0, 0.1) is 5.92 Å². The molecule has 1 aromatic carbocycles. The molecule has 136 valence electrons. The van der Waals surface area contributed by atoms with Crippen molar-refractivity contribution in [3.8, 4) is 0 Å². The topological polar surface area (TPSA) is 49.4 Å². The summed E-state index contributed by atoms with van der Waals surface area (Å²) < 4.78 is 0. The van der Waals surface area contributed by atoms with E-state index in [1.165, 1.54) is 19.9 Å². The molecule has 4 nitrogen and oxygen atoms in total. The van der Waals surface area contributed by atoms with E-state index < -0.39 is 11.9 Å². The van der Waals surface area contributed by atoms with Gasteiger partial charge in [0.1, 0.15) is 0 Å². The number of benzene rings is 1. The van der Waals surface area contributed by atoms with Crippen LogP contribution < -0.4 is 5.32 Å². The van der Waals surface area contributed by atoms with Crippen LogP contribution in [-0.4, -0.2) is 30.4 Å². The van der Waals surface area contributed by atoms with Gasteiger partial charge in [-0.05, 0) is 30.0 Å². The highest BCUT2D eigenvalue weighted by Crippen LogP contribution is 2.36. The molecule has 1 aliphatic rings. The number of hydrogen-bond donors (Lipinski definition) is 1. The molecule has 1 atom stereocenters. The largest absolute Gasteiger partial charge is 0.334 e. The first kappa shape index (κ1) is 19.8. The lowest BCUT2D eigenvalue weighted by atomic mass is 9.87. The molecule has 0 heterocycles. The van der Waals surface area contributed by atoms with Gasteiger partial charge < -0.3 is 5.32 Å². The number of carbonyl (C=O) groups is 2. The molecule has 1 aromatic rings. The van der Waals surface area contributed by atoms with Crippen LogP contribution in [0.3, 0.4) is 0 Å². The van der Waals surface area contributed by atoms with Crippen molar-refractivity contribution in [1.82, 2.24) is 10.2 Å². The molecule has 1 fully saturated rings. The number of halogens is 2. The predicted octanol–water partition coefficient (Wildman–Crippen LogP) is 5.01. The maximum atomic E-state index is 13.0. The fourth-order valence-corrected chi connectivity index (χ4v) is 3.61. The lowest BCUT2D eigenvalue weighted by Gasteiger charge is -2.25. The zero-order chi connectivity index (χ0) is 18.4. The third-order valence-electron chi connectivity index (χ3n) is 4.72. The molecule has 0 spiro atoms. The van der Waals surface area contributed by atoms with Gasteiger partial charge in [0.25, 0.3) is 0 Å². The summed E-state index contributed by atoms with van der Waals surface area (Å²) in [5.41, 5.74) is 0.801. The van der Waals surface area contributed by atoms with Crippen molar-refractivity contribution < 1.29 is 9.59 Å². The van der Waals surface area contributed by atoms with E-state index in [9.17, 15) is 9.59 Å². The van der Waals surface area contributed by atoms with Gasteiger partial charge in [-0.1, -0.05) is 61.0 Å². The minimum atomic E-state index is -0.429. The van der Waals surface area contributed by atoms with E-state index in [1.807, 2.05) is 6.07 Å². The van der Waals surface area contributed by atoms with Crippen LogP contribution in [0.1, 0.15) is 43.6 Å². The second-order valence-corrected chi connectivity index (χ2v) is 7.30. The minimum Gasteiger partial charge on any atom is -0.334 e. The van der Waals surface area contributed by atoms with Gasteiger partial charge in [-0.2, -0.15) is 0 Å². The van der Waals surface area contributed by atoms with E-state index in [0.717, 1.165) is 29.7 Å². The molecule has 0 radical (unpaired) electrons. The Kier molecular flexibility index (Phi) is 7.33. The standard InChI is InChI=1S/C19H24Cl2N2O2/c1-3-10-22-19(25)23(2)18(24)15(11-13-6-4-5-7-13)14-8-9-16(20)17(21)12-14/h3,8-9,12-13,15H,1,4-7,10-11H2,2H3,(H,22,25)/t15-/m1/s1. The van der Waals surface area contributed by atoms with Crippen LogP contribution >= 0.6 is 23.2 Å². The van der Waals surface area contributed by atoms with Crippen LogP contribution in [-0.2, 0) is 4.79 Å². The number of urea groups is 1. The maximum Gasteiger partial charge on any atom is 0.324 e. The van der Waals surface area contributed by atoms with E-state index >= 15 is 0 Å². The number of amides is 3. The number of rotatable bonds is 6. The van der Waals surface area contributed by atoms with Crippen molar-refractivity contribution in [2.75, 3.05) is 13.6 Å². The van der Waals surface area contributed by atoms with Gasteiger partial charge in [-0.25, -0.2) is 4.79 Å². The Hall–Kier alpha value is -1.52. The Morgan fingerprint density at radius 3 is 2.60 bits per heavy atom. The molecular formula is C19H24Cl2N2O2. The highest BCUT2D eigenvalue weighted by molar-refractivity contribution is 6.42. The van der Waals surface area contributed by atoms with E-state index in [4.69, 9.17) is 23.2 Å². The molecule has 25 heavy (non-hydrogen) atoms. The molecule has 0 aliphatic heterocycles. The summed E-state index contributed by atoms with van der Waals surface area (Å²) >= 11 is 12.1. The van der Waals surface area contributed by atoms with Crippen molar-refractivity contribution >= 4 is 35.1 Å². The minimum absolute atomic E-state index is 0.230. The summed E-state index contributed by atoms with van der Waals surface area (Å²) in [7, 11) is 1.50. The fraction of sp³-hybridized carbons (Fsp3) is 0.474. The van der Waals surface area contributed by atoms with E-state index in [1.54, 1.807) is 18.2 Å². The SMILES string of the molecule is C=CCNC(=O)N(C)C(=O)[C@H](CC1CCCC1)c1ccc(Cl)c(Cl)c1. The Labute approximate surface area is 159 Å². The molecule has 1 aliphatic carbocycles. The van der Waals surface area contributed by atoms with Crippen LogP contribution in [0.4, 0.5) is 4.79 Å². The molecule has 3 amide bonds. The Morgan fingerprint density at radius 1 is 1.32 bits per heavy atom. The molecule has 1 N–H and O–H groups in total. The smallest absolute Gasteiger partial charge is 0.324 e. The zero-order valence-electron chi connectivity index (χ0n) is 14.4. The summed E-state index contributed by atoms with van der Waals surface area (Å²) in [6, 6.07) is 4.82. The normalized spacial score (nSPS) is 15.6. The fourth-order valence-electron chi connectivity index (χ4n) is 3.30. The number of likely N-dealkylation sites (N-methyl/N-ethyl adjacent to an activating group) is 1. The average Bonchev–Trinajstić information content (AvgIpc) is 3.12. The second-order valence-electron chi connectivity index (χ2n) is 6.48. The average molecular weight is 383 g/mol. The Balaban J connectivity index is 2.22. The summed E-state index contributed by atoms with van der Waals surface area (Å²) in [5, 5.41) is 3.51. The third kappa shape index (κ3) is 5.23. The summed E-state index contributed by atoms with van der Waals surface area (Å²) in [5.74, 6) is -0.141. The van der Waals surface area contributed by atoms with Crippen molar-refractivity contribution in [2.45, 2.75) is 38.0 Å². The molecule has 0 bridgehead atoms. The zero-order valence-corrected chi connectivity index (χ0v) is 15.9. The number of hydrogen-bond acceptors (Lipinski definition) is 2. The summed E-state index contributed by atoms with van der Waals surface area (Å²) in [4.78, 5) is 26.3. The molecular weight excluding hydrogens is 359 g/mol. The van der Waals surface area contributed by atoms with E-state index in [2.05, 4.69) is 11.9 Å². The monoisotopic (exact) mass is 382 g/mol. The maximum absolute atomic E-state index is 13.0. The third-order valence-corrected chi connectivity index (χ3v) is 5.46. The highest BCUT2D eigenvalue weighted by Gasteiger charge is 2.31. The van der Waals surface area contributed by atoms with Crippen LogP contribution in [0.25, 0.3) is 0 Å². The highest BCUT2D eigenvalue weighted by atomic mass is 35.5. The first-order valence-corrected chi connectivity index (χ1v) is 9.30. The van der Waals surface area contributed by atoms with Gasteiger partial charge >= 0.3 is 6.03 Å².